The van der Waals surface area contributed by atoms with Gasteiger partial charge in [0, 0.05) is 30.7 Å². The molecule has 0 aromatic carbocycles. The number of hydrogen-bond donors (Lipinski definition) is 2. The summed E-state index contributed by atoms with van der Waals surface area (Å²) in [6.45, 7) is 0.662. The minimum atomic E-state index is 0.362. The molecular formula is C12H12N4S. The molecule has 0 bridgehead atoms. The van der Waals surface area contributed by atoms with Gasteiger partial charge in [-0.3, -0.25) is 9.97 Å². The number of nitrogens with two attached hydrogens (primary N) is 1. The molecule has 2 heterocycles. The van der Waals surface area contributed by atoms with Crippen molar-refractivity contribution < 1.29 is 0 Å². The molecule has 0 spiro atoms. The van der Waals surface area contributed by atoms with Crippen LogP contribution in [0.15, 0.2) is 43.0 Å². The largest absolute Gasteiger partial charge is 0.389 e. The molecule has 0 atom stereocenters. The molecule has 0 unspecified atom stereocenters. The van der Waals surface area contributed by atoms with E-state index in [2.05, 4.69) is 15.3 Å². The van der Waals surface area contributed by atoms with Crippen LogP contribution in [0.3, 0.4) is 0 Å². The van der Waals surface area contributed by atoms with Crippen LogP contribution in [-0.4, -0.2) is 15.0 Å². The van der Waals surface area contributed by atoms with E-state index < -0.39 is 0 Å². The molecule has 4 nitrogen and oxygen atoms in total. The van der Waals surface area contributed by atoms with E-state index in [1.54, 1.807) is 24.7 Å². The second kappa shape index (κ2) is 5.36. The summed E-state index contributed by atoms with van der Waals surface area (Å²) < 4.78 is 0. The third-order valence-corrected chi connectivity index (χ3v) is 2.51. The SMILES string of the molecule is NC(=S)c1ccncc1NCc1cccnc1. The van der Waals surface area contributed by atoms with Crippen LogP contribution in [0, 0.1) is 0 Å². The van der Waals surface area contributed by atoms with Crippen molar-refractivity contribution in [1.29, 1.82) is 0 Å². The molecule has 0 saturated carbocycles. The van der Waals surface area contributed by atoms with Gasteiger partial charge in [0.05, 0.1) is 11.9 Å². The van der Waals surface area contributed by atoms with E-state index in [1.807, 2.05) is 18.3 Å². The molecule has 0 aliphatic carbocycles. The van der Waals surface area contributed by atoms with Crippen LogP contribution in [0.25, 0.3) is 0 Å². The maximum absolute atomic E-state index is 5.63. The monoisotopic (exact) mass is 244 g/mol. The zero-order valence-corrected chi connectivity index (χ0v) is 9.95. The first-order chi connectivity index (χ1) is 8.27. The van der Waals surface area contributed by atoms with E-state index in [4.69, 9.17) is 18.0 Å². The van der Waals surface area contributed by atoms with Gasteiger partial charge in [0.15, 0.2) is 0 Å². The van der Waals surface area contributed by atoms with Crippen LogP contribution in [0.2, 0.25) is 0 Å². The molecule has 86 valence electrons. The molecule has 0 aliphatic heterocycles. The molecule has 2 rings (SSSR count). The minimum Gasteiger partial charge on any atom is -0.389 e. The molecule has 2 aromatic rings. The lowest BCUT2D eigenvalue weighted by Gasteiger charge is -2.10. The Morgan fingerprint density at radius 3 is 2.76 bits per heavy atom. The first kappa shape index (κ1) is 11.5. The fourth-order valence-corrected chi connectivity index (χ4v) is 1.63. The highest BCUT2D eigenvalue weighted by Crippen LogP contribution is 2.14. The smallest absolute Gasteiger partial charge is 0.106 e. The second-order valence-electron chi connectivity index (χ2n) is 3.50. The van der Waals surface area contributed by atoms with Gasteiger partial charge < -0.3 is 11.1 Å². The lowest BCUT2D eigenvalue weighted by molar-refractivity contribution is 1.10. The number of anilines is 1. The minimum absolute atomic E-state index is 0.362. The van der Waals surface area contributed by atoms with Gasteiger partial charge in [0.25, 0.3) is 0 Å². The number of thiocarbonyl (C=S) groups is 1. The number of pyridine rings is 2. The number of hydrogen-bond acceptors (Lipinski definition) is 4. The van der Waals surface area contributed by atoms with Crippen LogP contribution in [-0.2, 0) is 6.54 Å². The van der Waals surface area contributed by atoms with Gasteiger partial charge in [-0.1, -0.05) is 18.3 Å². The number of nitrogens with zero attached hydrogens (tertiary/aromatic N) is 2. The lowest BCUT2D eigenvalue weighted by atomic mass is 10.2. The fourth-order valence-electron chi connectivity index (χ4n) is 1.45. The second-order valence-corrected chi connectivity index (χ2v) is 3.94. The van der Waals surface area contributed by atoms with Crippen LogP contribution >= 0.6 is 12.2 Å². The van der Waals surface area contributed by atoms with Crippen molar-refractivity contribution in [2.75, 3.05) is 5.32 Å². The van der Waals surface area contributed by atoms with Crippen LogP contribution in [0.1, 0.15) is 11.1 Å². The predicted molar refractivity (Wildman–Crippen MR) is 71.7 cm³/mol. The van der Waals surface area contributed by atoms with Gasteiger partial charge in [0.2, 0.25) is 0 Å². The topological polar surface area (TPSA) is 63.8 Å². The highest BCUT2D eigenvalue weighted by atomic mass is 32.1. The molecule has 0 amide bonds. The number of nitrogens with one attached hydrogen (secondary N) is 1. The van der Waals surface area contributed by atoms with Gasteiger partial charge in [0.1, 0.15) is 4.99 Å². The van der Waals surface area contributed by atoms with Gasteiger partial charge in [-0.05, 0) is 17.7 Å². The lowest BCUT2D eigenvalue weighted by Crippen LogP contribution is -2.13. The maximum atomic E-state index is 5.63. The fraction of sp³-hybridized carbons (Fsp3) is 0.0833. The zero-order chi connectivity index (χ0) is 12.1. The van der Waals surface area contributed by atoms with Crippen LogP contribution < -0.4 is 11.1 Å². The van der Waals surface area contributed by atoms with E-state index in [1.165, 1.54) is 0 Å². The Hall–Kier alpha value is -2.01. The highest BCUT2D eigenvalue weighted by Gasteiger charge is 2.04. The van der Waals surface area contributed by atoms with Crippen molar-refractivity contribution >= 4 is 22.9 Å². The first-order valence-electron chi connectivity index (χ1n) is 5.14. The average molecular weight is 244 g/mol. The summed E-state index contributed by atoms with van der Waals surface area (Å²) >= 11 is 4.98. The van der Waals surface area contributed by atoms with E-state index in [9.17, 15) is 0 Å². The van der Waals surface area contributed by atoms with E-state index in [0.717, 1.165) is 16.8 Å². The predicted octanol–water partition coefficient (Wildman–Crippen LogP) is 1.72. The zero-order valence-electron chi connectivity index (χ0n) is 9.13. The maximum Gasteiger partial charge on any atom is 0.106 e. The number of rotatable bonds is 4. The van der Waals surface area contributed by atoms with Gasteiger partial charge >= 0.3 is 0 Å². The van der Waals surface area contributed by atoms with Crippen molar-refractivity contribution in [3.8, 4) is 0 Å². The molecule has 2 aromatic heterocycles. The third-order valence-electron chi connectivity index (χ3n) is 2.29. The van der Waals surface area contributed by atoms with Gasteiger partial charge in [-0.15, -0.1) is 0 Å². The Morgan fingerprint density at radius 2 is 2.06 bits per heavy atom. The summed E-state index contributed by atoms with van der Waals surface area (Å²) in [6.07, 6.45) is 6.94. The summed E-state index contributed by atoms with van der Waals surface area (Å²) in [5, 5.41) is 3.24. The summed E-state index contributed by atoms with van der Waals surface area (Å²) in [7, 11) is 0. The van der Waals surface area contributed by atoms with Gasteiger partial charge in [-0.25, -0.2) is 0 Å². The Kier molecular flexibility index (Phi) is 3.62. The molecule has 0 radical (unpaired) electrons. The summed E-state index contributed by atoms with van der Waals surface area (Å²) in [6, 6.07) is 5.69. The summed E-state index contributed by atoms with van der Waals surface area (Å²) in [5.41, 5.74) is 8.36. The Balaban J connectivity index is 2.12. The van der Waals surface area contributed by atoms with Crippen LogP contribution in [0.5, 0.6) is 0 Å². The quantitative estimate of drug-likeness (QED) is 0.802. The molecule has 5 heteroatoms. The first-order valence-corrected chi connectivity index (χ1v) is 5.55. The highest BCUT2D eigenvalue weighted by molar-refractivity contribution is 7.80. The summed E-state index contributed by atoms with van der Waals surface area (Å²) in [4.78, 5) is 8.46. The van der Waals surface area contributed by atoms with Crippen molar-refractivity contribution in [3.05, 3.63) is 54.1 Å². The average Bonchev–Trinajstić information content (AvgIpc) is 2.38. The van der Waals surface area contributed by atoms with Crippen molar-refractivity contribution in [3.63, 3.8) is 0 Å². The molecule has 0 aliphatic rings. The van der Waals surface area contributed by atoms with E-state index in [-0.39, 0.29) is 0 Å². The number of aromatic nitrogens is 2. The normalized spacial score (nSPS) is 9.88. The molecule has 3 N–H and O–H groups in total. The van der Waals surface area contributed by atoms with Gasteiger partial charge in [-0.2, -0.15) is 0 Å². The van der Waals surface area contributed by atoms with E-state index >= 15 is 0 Å². The molecule has 0 saturated heterocycles. The Bertz CT molecular complexity index is 513. The Labute approximate surface area is 105 Å². The molecule has 17 heavy (non-hydrogen) atoms. The molecule has 0 fully saturated rings. The van der Waals surface area contributed by atoms with Crippen molar-refractivity contribution in [2.45, 2.75) is 6.54 Å². The van der Waals surface area contributed by atoms with E-state index in [0.29, 0.717) is 11.5 Å². The van der Waals surface area contributed by atoms with Crippen molar-refractivity contribution in [1.82, 2.24) is 9.97 Å². The van der Waals surface area contributed by atoms with Crippen LogP contribution in [0.4, 0.5) is 5.69 Å². The standard InChI is InChI=1S/C12H12N4S/c13-12(17)10-3-5-15-8-11(10)16-7-9-2-1-4-14-6-9/h1-6,8,16H,7H2,(H2,13,17). The van der Waals surface area contributed by atoms with Crippen molar-refractivity contribution in [2.24, 2.45) is 5.73 Å². The Morgan fingerprint density at radius 1 is 1.24 bits per heavy atom. The summed E-state index contributed by atoms with van der Waals surface area (Å²) in [5.74, 6) is 0. The third kappa shape index (κ3) is 2.98. The molecular weight excluding hydrogens is 232 g/mol.